The van der Waals surface area contributed by atoms with Crippen molar-refractivity contribution in [2.45, 2.75) is 107 Å². The second-order valence-corrected chi connectivity index (χ2v) is 12.5. The van der Waals surface area contributed by atoms with E-state index in [2.05, 4.69) is 41.2 Å². The lowest BCUT2D eigenvalue weighted by molar-refractivity contribution is -0.231. The van der Waals surface area contributed by atoms with Gasteiger partial charge in [0.15, 0.2) is 6.79 Å². The number of carbonyl (C=O) groups is 1. The Kier molecular flexibility index (Phi) is 9.09. The predicted octanol–water partition coefficient (Wildman–Crippen LogP) is 7.87. The van der Waals surface area contributed by atoms with Crippen molar-refractivity contribution in [1.82, 2.24) is 0 Å². The van der Waals surface area contributed by atoms with Crippen LogP contribution in [-0.4, -0.2) is 25.5 Å². The summed E-state index contributed by atoms with van der Waals surface area (Å²) in [5.74, 6) is 6.48. The molecule has 5 saturated carbocycles. The second kappa shape index (κ2) is 11.2. The fourth-order valence-electron chi connectivity index (χ4n) is 8.09. The van der Waals surface area contributed by atoms with Crippen LogP contribution in [0.1, 0.15) is 101 Å². The van der Waals surface area contributed by atoms with Crippen LogP contribution in [0.3, 0.4) is 0 Å². The molecule has 10 atom stereocenters. The summed E-state index contributed by atoms with van der Waals surface area (Å²) >= 11 is 0. The van der Waals surface area contributed by atoms with E-state index in [1.54, 1.807) is 0 Å². The van der Waals surface area contributed by atoms with Crippen molar-refractivity contribution in [2.24, 2.45) is 58.2 Å². The lowest BCUT2D eigenvalue weighted by Gasteiger charge is -2.65. The molecule has 0 aromatic rings. The normalized spacial score (nSPS) is 41.3. The summed E-state index contributed by atoms with van der Waals surface area (Å²) in [5, 5.41) is 0. The van der Waals surface area contributed by atoms with Crippen molar-refractivity contribution >= 4 is 5.97 Å². The molecule has 0 radical (unpaired) electrons. The van der Waals surface area contributed by atoms with E-state index in [0.717, 1.165) is 43.0 Å². The highest BCUT2D eigenvalue weighted by molar-refractivity contribution is 5.81. The molecule has 0 heterocycles. The highest BCUT2D eigenvalue weighted by atomic mass is 16.7. The minimum atomic E-state index is -0.269. The van der Waals surface area contributed by atoms with Gasteiger partial charge in [-0.15, -0.1) is 0 Å². The zero-order chi connectivity index (χ0) is 26.1. The molecule has 202 valence electrons. The molecule has 0 aromatic heterocycles. The van der Waals surface area contributed by atoms with Gasteiger partial charge in [0.2, 0.25) is 0 Å². The Hall–Kier alpha value is -1.03. The van der Waals surface area contributed by atoms with Crippen LogP contribution in [0.2, 0.25) is 0 Å². The van der Waals surface area contributed by atoms with E-state index in [1.807, 2.05) is 27.7 Å². The van der Waals surface area contributed by atoms with Crippen molar-refractivity contribution in [1.29, 1.82) is 0 Å². The quantitative estimate of drug-likeness (QED) is 0.135. The van der Waals surface area contributed by atoms with E-state index in [1.165, 1.54) is 25.7 Å². The summed E-state index contributed by atoms with van der Waals surface area (Å²) in [6, 6.07) is 0. The molecule has 0 N–H and O–H groups in total. The molecule has 0 spiro atoms. The van der Waals surface area contributed by atoms with Crippen molar-refractivity contribution in [3.63, 3.8) is 0 Å². The molecule has 2 bridgehead atoms. The van der Waals surface area contributed by atoms with Crippen LogP contribution in [0.25, 0.3) is 0 Å². The maximum Gasteiger partial charge on any atom is 0.312 e. The Morgan fingerprint density at radius 3 is 2.26 bits per heavy atom. The van der Waals surface area contributed by atoms with Crippen LogP contribution < -0.4 is 0 Å². The highest BCUT2D eigenvalue weighted by Crippen LogP contribution is 2.74. The average Bonchev–Trinajstić information content (AvgIpc) is 3.11. The van der Waals surface area contributed by atoms with E-state index in [9.17, 15) is 4.79 Å². The Balaban J connectivity index is 0.000000815. The second-order valence-electron chi connectivity index (χ2n) is 12.5. The summed E-state index contributed by atoms with van der Waals surface area (Å²) < 4.78 is 17.8. The molecular formula is C31H54O4. The zero-order valence-electron chi connectivity index (χ0n) is 24.2. The largest absolute Gasteiger partial charge is 0.472 e. The van der Waals surface area contributed by atoms with Gasteiger partial charge in [0, 0.05) is 11.8 Å². The molecule has 35 heavy (non-hydrogen) atoms. The third kappa shape index (κ3) is 4.94. The number of hydrogen-bond acceptors (Lipinski definition) is 4. The van der Waals surface area contributed by atoms with Gasteiger partial charge in [-0.25, -0.2) is 0 Å². The van der Waals surface area contributed by atoms with E-state index >= 15 is 0 Å². The van der Waals surface area contributed by atoms with Crippen molar-refractivity contribution < 1.29 is 19.0 Å². The molecule has 4 heteroatoms. The highest BCUT2D eigenvalue weighted by Gasteiger charge is 2.73. The molecule has 4 nitrogen and oxygen atoms in total. The minimum absolute atomic E-state index is 0.0475. The van der Waals surface area contributed by atoms with Crippen molar-refractivity contribution in [2.75, 3.05) is 13.4 Å². The first-order valence-electron chi connectivity index (χ1n) is 14.8. The molecular weight excluding hydrogens is 436 g/mol. The summed E-state index contributed by atoms with van der Waals surface area (Å²) in [7, 11) is 0. The van der Waals surface area contributed by atoms with Gasteiger partial charge in [0.25, 0.3) is 0 Å². The fourth-order valence-corrected chi connectivity index (χ4v) is 8.09. The third-order valence-corrected chi connectivity index (χ3v) is 10.3. The van der Waals surface area contributed by atoms with Crippen LogP contribution >= 0.6 is 0 Å². The SMILES string of the molecule is C=C(OCOCC(C)CCC)C1CC2CC1C1C2C2CC(OC(=O)C3(C)CC3(C)C)C21.CC.CC. The molecule has 0 saturated heterocycles. The van der Waals surface area contributed by atoms with Gasteiger partial charge in [-0.2, -0.15) is 0 Å². The number of carbonyl (C=O) groups excluding carboxylic acids is 1. The Labute approximate surface area is 215 Å². The molecule has 5 rings (SSSR count). The lowest BCUT2D eigenvalue weighted by atomic mass is 9.41. The first-order valence-corrected chi connectivity index (χ1v) is 14.8. The molecule has 5 aliphatic rings. The zero-order valence-corrected chi connectivity index (χ0v) is 24.2. The topological polar surface area (TPSA) is 44.8 Å². The number of fused-ring (bicyclic) bond motifs is 8. The van der Waals surface area contributed by atoms with Crippen LogP contribution in [0.15, 0.2) is 12.3 Å². The summed E-state index contributed by atoms with van der Waals surface area (Å²) in [6.45, 7) is 24.3. The van der Waals surface area contributed by atoms with Gasteiger partial charge in [-0.3, -0.25) is 4.79 Å². The van der Waals surface area contributed by atoms with Crippen LogP contribution in [0.4, 0.5) is 0 Å². The number of esters is 1. The summed E-state index contributed by atoms with van der Waals surface area (Å²) in [5.41, 5.74) is -0.173. The smallest absolute Gasteiger partial charge is 0.312 e. The standard InChI is InChI=1S/C27H42O4.2C2H6/c1-7-8-15(2)12-29-14-30-16(3)18-9-17-10-19(18)24-22(17)20-11-21(23(20)24)31-25(28)27(6)13-26(27,4)5;2*1-2/h15,17-24H,3,7-14H2,1-2,4-6H3;2*1-2H3. The van der Waals surface area contributed by atoms with Crippen LogP contribution in [0.5, 0.6) is 0 Å². The van der Waals surface area contributed by atoms with E-state index in [0.29, 0.717) is 36.4 Å². The predicted molar refractivity (Wildman–Crippen MR) is 142 cm³/mol. The monoisotopic (exact) mass is 490 g/mol. The number of hydrogen-bond donors (Lipinski definition) is 0. The van der Waals surface area contributed by atoms with Gasteiger partial charge in [-0.1, -0.05) is 68.4 Å². The maximum absolute atomic E-state index is 12.8. The van der Waals surface area contributed by atoms with Gasteiger partial charge in [0.05, 0.1) is 17.8 Å². The molecule has 0 amide bonds. The van der Waals surface area contributed by atoms with Gasteiger partial charge in [0.1, 0.15) is 6.10 Å². The number of rotatable bonds is 10. The number of ether oxygens (including phenoxy) is 3. The average molecular weight is 491 g/mol. The molecule has 5 fully saturated rings. The maximum atomic E-state index is 12.8. The van der Waals surface area contributed by atoms with E-state index < -0.39 is 0 Å². The first kappa shape index (κ1) is 28.5. The Morgan fingerprint density at radius 1 is 1.00 bits per heavy atom. The lowest BCUT2D eigenvalue weighted by Crippen LogP contribution is -2.65. The van der Waals surface area contributed by atoms with Crippen molar-refractivity contribution in [3.05, 3.63) is 12.3 Å². The molecule has 10 unspecified atom stereocenters. The van der Waals surface area contributed by atoms with Crippen LogP contribution in [0, 0.1) is 58.2 Å². The number of allylic oxidation sites excluding steroid dienone is 1. The van der Waals surface area contributed by atoms with Gasteiger partial charge >= 0.3 is 5.97 Å². The van der Waals surface area contributed by atoms with Gasteiger partial charge in [-0.05, 0) is 80.0 Å². The fraction of sp³-hybridized carbons (Fsp3) is 0.903. The van der Waals surface area contributed by atoms with E-state index in [-0.39, 0.29) is 22.9 Å². The molecule has 0 aliphatic heterocycles. The van der Waals surface area contributed by atoms with Gasteiger partial charge < -0.3 is 14.2 Å². The Bertz CT molecular complexity index is 744. The summed E-state index contributed by atoms with van der Waals surface area (Å²) in [4.78, 5) is 12.8. The Morgan fingerprint density at radius 2 is 1.66 bits per heavy atom. The summed E-state index contributed by atoms with van der Waals surface area (Å²) in [6.07, 6.45) is 7.15. The van der Waals surface area contributed by atoms with Crippen molar-refractivity contribution in [3.8, 4) is 0 Å². The van der Waals surface area contributed by atoms with E-state index in [4.69, 9.17) is 14.2 Å². The van der Waals surface area contributed by atoms with Crippen LogP contribution in [-0.2, 0) is 19.0 Å². The molecule has 5 aliphatic carbocycles. The third-order valence-electron chi connectivity index (χ3n) is 10.3. The minimum Gasteiger partial charge on any atom is -0.472 e. The first-order chi connectivity index (χ1) is 16.7. The molecule has 0 aromatic carbocycles.